The molecule has 0 aliphatic carbocycles. The second-order valence-corrected chi connectivity index (χ2v) is 5.28. The van der Waals surface area contributed by atoms with E-state index in [-0.39, 0.29) is 18.2 Å². The molecule has 3 heterocycles. The molecule has 0 amide bonds. The number of aliphatic hydroxyl groups excluding tert-OH is 1. The molecule has 0 spiro atoms. The zero-order chi connectivity index (χ0) is 11.3. The molecule has 0 aromatic carbocycles. The summed E-state index contributed by atoms with van der Waals surface area (Å²) in [6.07, 6.45) is -0.439. The van der Waals surface area contributed by atoms with Crippen molar-refractivity contribution < 1.29 is 9.84 Å². The number of hydrogen-bond donors (Lipinski definition) is 1. The average molecular weight is 333 g/mol. The highest BCUT2D eigenvalue weighted by atomic mass is 127. The first kappa shape index (κ1) is 10.7. The quantitative estimate of drug-likeness (QED) is 0.593. The fourth-order valence-electron chi connectivity index (χ4n) is 2.36. The Kier molecular flexibility index (Phi) is 2.52. The van der Waals surface area contributed by atoms with Gasteiger partial charge in [-0.15, -0.1) is 0 Å². The first-order valence-electron chi connectivity index (χ1n) is 5.22. The van der Waals surface area contributed by atoms with Gasteiger partial charge in [-0.25, -0.2) is 9.97 Å². The van der Waals surface area contributed by atoms with Crippen LogP contribution in [0, 0.1) is 10.6 Å². The molecule has 0 radical (unpaired) electrons. The summed E-state index contributed by atoms with van der Waals surface area (Å²) in [4.78, 5) is 10.8. The van der Waals surface area contributed by atoms with Gasteiger partial charge in [0, 0.05) is 12.6 Å². The molecule has 3 atom stereocenters. The van der Waals surface area contributed by atoms with Crippen LogP contribution >= 0.6 is 22.6 Å². The molecule has 2 saturated heterocycles. The van der Waals surface area contributed by atoms with Crippen molar-refractivity contribution in [2.24, 2.45) is 0 Å². The minimum Gasteiger partial charge on any atom is -0.388 e. The lowest BCUT2D eigenvalue weighted by molar-refractivity contribution is 0.0549. The van der Waals surface area contributed by atoms with Crippen molar-refractivity contribution in [1.82, 2.24) is 9.97 Å². The second-order valence-electron chi connectivity index (χ2n) is 4.18. The molecular formula is C10H12IN3O2. The van der Waals surface area contributed by atoms with Crippen LogP contribution in [0.2, 0.25) is 0 Å². The largest absolute Gasteiger partial charge is 0.388 e. The van der Waals surface area contributed by atoms with Crippen LogP contribution in [0.5, 0.6) is 0 Å². The van der Waals surface area contributed by atoms with Crippen molar-refractivity contribution >= 4 is 28.4 Å². The number of nitrogens with zero attached hydrogens (tertiary/aromatic N) is 3. The molecule has 3 rings (SSSR count). The average Bonchev–Trinajstić information content (AvgIpc) is 2.73. The summed E-state index contributed by atoms with van der Waals surface area (Å²) in [5.74, 6) is 1.66. The van der Waals surface area contributed by atoms with Gasteiger partial charge in [-0.3, -0.25) is 0 Å². The monoisotopic (exact) mass is 333 g/mol. The number of ether oxygens (including phenoxy) is 1. The summed E-state index contributed by atoms with van der Waals surface area (Å²) in [6, 6.07) is 2.00. The highest BCUT2D eigenvalue weighted by molar-refractivity contribution is 14.1. The van der Waals surface area contributed by atoms with Crippen molar-refractivity contribution in [3.63, 3.8) is 0 Å². The van der Waals surface area contributed by atoms with E-state index in [1.54, 1.807) is 0 Å². The maximum atomic E-state index is 9.89. The Morgan fingerprint density at radius 1 is 1.56 bits per heavy atom. The van der Waals surface area contributed by atoms with E-state index in [2.05, 4.69) is 37.5 Å². The van der Waals surface area contributed by atoms with E-state index in [0.29, 0.717) is 6.61 Å². The predicted octanol–water partition coefficient (Wildman–Crippen LogP) is 0.338. The van der Waals surface area contributed by atoms with Crippen LogP contribution in [0.25, 0.3) is 0 Å². The molecule has 2 aliphatic rings. The fraction of sp³-hybridized carbons (Fsp3) is 0.600. The summed E-state index contributed by atoms with van der Waals surface area (Å²) < 4.78 is 6.37. The molecule has 2 aliphatic heterocycles. The fourth-order valence-corrected chi connectivity index (χ4v) is 2.99. The van der Waals surface area contributed by atoms with Gasteiger partial charge in [-0.2, -0.15) is 0 Å². The standard InChI is InChI=1S/C10H12IN3O2/c1-5-12-8(11)2-9(13-5)14-3-7-10(15)6(14)4-16-7/h2,6-7,10,15H,3-4H2,1H3. The molecule has 0 saturated carbocycles. The lowest BCUT2D eigenvalue weighted by Gasteiger charge is -2.27. The Hall–Kier alpha value is -0.470. The van der Waals surface area contributed by atoms with Crippen LogP contribution in [-0.2, 0) is 4.74 Å². The Balaban J connectivity index is 1.93. The minimum absolute atomic E-state index is 0.0510. The maximum absolute atomic E-state index is 9.89. The van der Waals surface area contributed by atoms with Crippen molar-refractivity contribution in [1.29, 1.82) is 0 Å². The molecule has 86 valence electrons. The summed E-state index contributed by atoms with van der Waals surface area (Å²) in [5.41, 5.74) is 0. The van der Waals surface area contributed by atoms with Crippen molar-refractivity contribution in [2.75, 3.05) is 18.1 Å². The number of anilines is 1. The molecule has 3 unspecified atom stereocenters. The molecule has 2 fully saturated rings. The van der Waals surface area contributed by atoms with Gasteiger partial charge in [0.25, 0.3) is 0 Å². The van der Waals surface area contributed by atoms with Crippen LogP contribution in [0.15, 0.2) is 6.07 Å². The highest BCUT2D eigenvalue weighted by Crippen LogP contribution is 2.32. The summed E-state index contributed by atoms with van der Waals surface area (Å²) >= 11 is 2.18. The highest BCUT2D eigenvalue weighted by Gasteiger charge is 2.47. The molecule has 1 N–H and O–H groups in total. The number of aromatic nitrogens is 2. The number of aliphatic hydroxyl groups is 1. The summed E-state index contributed by atoms with van der Waals surface area (Å²) in [5, 5.41) is 9.89. The number of aryl methyl sites for hydroxylation is 1. The third-order valence-corrected chi connectivity index (χ3v) is 3.67. The molecule has 2 bridgehead atoms. The van der Waals surface area contributed by atoms with E-state index < -0.39 is 0 Å². The van der Waals surface area contributed by atoms with E-state index in [4.69, 9.17) is 4.74 Å². The first-order valence-corrected chi connectivity index (χ1v) is 6.30. The third-order valence-electron chi connectivity index (χ3n) is 3.12. The summed E-state index contributed by atoms with van der Waals surface area (Å²) in [7, 11) is 0. The van der Waals surface area contributed by atoms with E-state index in [1.165, 1.54) is 0 Å². The van der Waals surface area contributed by atoms with E-state index >= 15 is 0 Å². The molecule has 1 aromatic heterocycles. The second kappa shape index (κ2) is 3.78. The van der Waals surface area contributed by atoms with Gasteiger partial charge in [0.15, 0.2) is 0 Å². The SMILES string of the molecule is Cc1nc(I)cc(N2CC3OCC2C3O)n1. The van der Waals surface area contributed by atoms with Crippen LogP contribution in [0.3, 0.4) is 0 Å². The predicted molar refractivity (Wildman–Crippen MR) is 66.4 cm³/mol. The van der Waals surface area contributed by atoms with Gasteiger partial charge in [0.05, 0.1) is 12.6 Å². The Labute approximate surface area is 107 Å². The van der Waals surface area contributed by atoms with Gasteiger partial charge < -0.3 is 14.7 Å². The number of fused-ring (bicyclic) bond motifs is 2. The van der Waals surface area contributed by atoms with E-state index in [1.807, 2.05) is 13.0 Å². The maximum Gasteiger partial charge on any atom is 0.133 e. The zero-order valence-electron chi connectivity index (χ0n) is 8.80. The third kappa shape index (κ3) is 1.59. The normalized spacial score (nSPS) is 32.4. The topological polar surface area (TPSA) is 58.5 Å². The molecule has 6 heteroatoms. The number of rotatable bonds is 1. The summed E-state index contributed by atoms with van der Waals surface area (Å²) in [6.45, 7) is 3.19. The molecule has 5 nitrogen and oxygen atoms in total. The molecule has 1 aromatic rings. The van der Waals surface area contributed by atoms with Crippen molar-refractivity contribution in [2.45, 2.75) is 25.2 Å². The van der Waals surface area contributed by atoms with Crippen LogP contribution < -0.4 is 4.90 Å². The Bertz CT molecular complexity index is 408. The van der Waals surface area contributed by atoms with Crippen molar-refractivity contribution in [3.05, 3.63) is 15.6 Å². The number of halogens is 1. The lowest BCUT2D eigenvalue weighted by atomic mass is 10.2. The smallest absolute Gasteiger partial charge is 0.133 e. The molecule has 16 heavy (non-hydrogen) atoms. The van der Waals surface area contributed by atoms with Crippen LogP contribution in [0.4, 0.5) is 5.82 Å². The number of hydrogen-bond acceptors (Lipinski definition) is 5. The van der Waals surface area contributed by atoms with Crippen LogP contribution in [0.1, 0.15) is 5.82 Å². The Morgan fingerprint density at radius 2 is 2.38 bits per heavy atom. The van der Waals surface area contributed by atoms with Gasteiger partial charge >= 0.3 is 0 Å². The minimum atomic E-state index is -0.382. The number of morpholine rings is 1. The first-order chi connectivity index (χ1) is 7.65. The van der Waals surface area contributed by atoms with E-state index in [0.717, 1.165) is 21.9 Å². The van der Waals surface area contributed by atoms with Crippen molar-refractivity contribution in [3.8, 4) is 0 Å². The lowest BCUT2D eigenvalue weighted by Crippen LogP contribution is -2.39. The zero-order valence-corrected chi connectivity index (χ0v) is 11.0. The Morgan fingerprint density at radius 3 is 2.94 bits per heavy atom. The molecular weight excluding hydrogens is 321 g/mol. The van der Waals surface area contributed by atoms with Crippen LogP contribution in [-0.4, -0.2) is 46.5 Å². The van der Waals surface area contributed by atoms with Gasteiger partial charge in [0.2, 0.25) is 0 Å². The van der Waals surface area contributed by atoms with Gasteiger partial charge in [-0.05, 0) is 29.5 Å². The van der Waals surface area contributed by atoms with E-state index in [9.17, 15) is 5.11 Å². The van der Waals surface area contributed by atoms with Gasteiger partial charge in [-0.1, -0.05) is 0 Å². The van der Waals surface area contributed by atoms with Gasteiger partial charge in [0.1, 0.15) is 27.6 Å².